The molecule has 1 atom stereocenters. The number of thioether (sulfide) groups is 1. The Labute approximate surface area is 102 Å². The minimum Gasteiger partial charge on any atom is -0.341 e. The highest BCUT2D eigenvalue weighted by Gasteiger charge is 2.24. The second kappa shape index (κ2) is 5.92. The quantitative estimate of drug-likeness (QED) is 0.797. The largest absolute Gasteiger partial charge is 0.341 e. The van der Waals surface area contributed by atoms with Crippen molar-refractivity contribution in [3.8, 4) is 0 Å². The van der Waals surface area contributed by atoms with Gasteiger partial charge in [-0.2, -0.15) is 11.8 Å². The zero-order chi connectivity index (χ0) is 11.4. The van der Waals surface area contributed by atoms with E-state index in [2.05, 4.69) is 0 Å². The summed E-state index contributed by atoms with van der Waals surface area (Å²) in [6.45, 7) is 1.70. The molecule has 3 nitrogen and oxygen atoms in total. The van der Waals surface area contributed by atoms with E-state index in [1.54, 1.807) is 0 Å². The molecule has 2 rings (SSSR count). The lowest BCUT2D eigenvalue weighted by Crippen LogP contribution is -2.46. The second-order valence-corrected chi connectivity index (χ2v) is 6.23. The van der Waals surface area contributed by atoms with Gasteiger partial charge in [-0.25, -0.2) is 0 Å². The van der Waals surface area contributed by atoms with E-state index in [4.69, 9.17) is 5.73 Å². The van der Waals surface area contributed by atoms with Crippen molar-refractivity contribution in [1.82, 2.24) is 4.90 Å². The van der Waals surface area contributed by atoms with Crippen molar-refractivity contribution in [3.05, 3.63) is 0 Å². The van der Waals surface area contributed by atoms with Gasteiger partial charge in [0.15, 0.2) is 0 Å². The number of amides is 1. The molecule has 0 aliphatic carbocycles. The van der Waals surface area contributed by atoms with Crippen LogP contribution in [0.25, 0.3) is 0 Å². The maximum absolute atomic E-state index is 12.1. The predicted molar refractivity (Wildman–Crippen MR) is 68.5 cm³/mol. The Bertz CT molecular complexity index is 241. The Morgan fingerprint density at radius 1 is 1.31 bits per heavy atom. The third kappa shape index (κ3) is 3.39. The molecule has 0 aromatic carbocycles. The Morgan fingerprint density at radius 3 is 2.75 bits per heavy atom. The second-order valence-electron chi connectivity index (χ2n) is 5.00. The molecular weight excluding hydrogens is 220 g/mol. The molecular formula is C12H22N2OS. The first kappa shape index (κ1) is 12.2. The number of nitrogens with two attached hydrogens (primary N) is 1. The van der Waals surface area contributed by atoms with Gasteiger partial charge < -0.3 is 10.6 Å². The van der Waals surface area contributed by atoms with Crippen LogP contribution in [-0.4, -0.2) is 41.4 Å². The molecule has 1 amide bonds. The van der Waals surface area contributed by atoms with E-state index >= 15 is 0 Å². The number of hydrogen-bond donors (Lipinski definition) is 1. The van der Waals surface area contributed by atoms with Crippen molar-refractivity contribution >= 4 is 17.7 Å². The average molecular weight is 242 g/mol. The highest BCUT2D eigenvalue weighted by atomic mass is 32.2. The Morgan fingerprint density at radius 2 is 2.06 bits per heavy atom. The number of carbonyl (C=O) groups excluding carboxylic acids is 1. The Hall–Kier alpha value is -0.220. The van der Waals surface area contributed by atoms with Crippen LogP contribution in [0.1, 0.15) is 32.1 Å². The van der Waals surface area contributed by atoms with Crippen LogP contribution in [0.5, 0.6) is 0 Å². The summed E-state index contributed by atoms with van der Waals surface area (Å²) in [7, 11) is 0. The molecule has 2 aliphatic heterocycles. The maximum Gasteiger partial charge on any atom is 0.222 e. The monoisotopic (exact) mass is 242 g/mol. The van der Waals surface area contributed by atoms with Crippen LogP contribution >= 0.6 is 11.8 Å². The number of hydrogen-bond acceptors (Lipinski definition) is 3. The van der Waals surface area contributed by atoms with Crippen LogP contribution in [0.3, 0.4) is 0 Å². The first-order valence-corrected chi connectivity index (χ1v) is 7.52. The van der Waals surface area contributed by atoms with Crippen molar-refractivity contribution in [2.45, 2.75) is 38.1 Å². The van der Waals surface area contributed by atoms with Gasteiger partial charge in [0.1, 0.15) is 0 Å². The van der Waals surface area contributed by atoms with Gasteiger partial charge in [-0.1, -0.05) is 0 Å². The lowest BCUT2D eigenvalue weighted by Gasteiger charge is -2.32. The van der Waals surface area contributed by atoms with Crippen molar-refractivity contribution in [3.63, 3.8) is 0 Å². The fourth-order valence-corrected chi connectivity index (χ4v) is 3.77. The standard InChI is InChI=1S/C12H22N2OS/c13-11-2-1-5-14(9-11)12(15)8-10-3-6-16-7-4-10/h10-11H,1-9,13H2. The summed E-state index contributed by atoms with van der Waals surface area (Å²) in [5.41, 5.74) is 5.90. The highest BCUT2D eigenvalue weighted by Crippen LogP contribution is 2.26. The molecule has 1 unspecified atom stereocenters. The summed E-state index contributed by atoms with van der Waals surface area (Å²) < 4.78 is 0. The number of nitrogens with zero attached hydrogens (tertiary/aromatic N) is 1. The van der Waals surface area contributed by atoms with E-state index in [0.717, 1.165) is 32.4 Å². The average Bonchev–Trinajstić information content (AvgIpc) is 2.30. The molecule has 0 bridgehead atoms. The Kier molecular flexibility index (Phi) is 4.53. The third-order valence-corrected chi connectivity index (χ3v) is 4.66. The van der Waals surface area contributed by atoms with E-state index in [1.165, 1.54) is 24.3 Å². The summed E-state index contributed by atoms with van der Waals surface area (Å²) >= 11 is 2.02. The smallest absolute Gasteiger partial charge is 0.222 e. The van der Waals surface area contributed by atoms with E-state index in [9.17, 15) is 4.79 Å². The van der Waals surface area contributed by atoms with Crippen molar-refractivity contribution in [1.29, 1.82) is 0 Å². The van der Waals surface area contributed by atoms with Gasteiger partial charge in [-0.05, 0) is 43.1 Å². The van der Waals surface area contributed by atoms with Crippen molar-refractivity contribution < 1.29 is 4.79 Å². The number of piperidine rings is 1. The zero-order valence-electron chi connectivity index (χ0n) is 9.86. The molecule has 0 aromatic heterocycles. The fraction of sp³-hybridized carbons (Fsp3) is 0.917. The molecule has 2 fully saturated rings. The number of carbonyl (C=O) groups is 1. The third-order valence-electron chi connectivity index (χ3n) is 3.61. The minimum absolute atomic E-state index is 0.208. The SMILES string of the molecule is NC1CCCN(C(=O)CC2CCSCC2)C1. The molecule has 4 heteroatoms. The van der Waals surface area contributed by atoms with E-state index in [0.29, 0.717) is 11.8 Å². The minimum atomic E-state index is 0.208. The van der Waals surface area contributed by atoms with Crippen molar-refractivity contribution in [2.75, 3.05) is 24.6 Å². The molecule has 0 radical (unpaired) electrons. The van der Waals surface area contributed by atoms with Gasteiger partial charge in [0, 0.05) is 25.6 Å². The van der Waals surface area contributed by atoms with Gasteiger partial charge in [-0.3, -0.25) is 4.79 Å². The summed E-state index contributed by atoms with van der Waals surface area (Å²) in [5, 5.41) is 0. The number of rotatable bonds is 2. The summed E-state index contributed by atoms with van der Waals surface area (Å²) in [6, 6.07) is 0.208. The fourth-order valence-electron chi connectivity index (χ4n) is 2.56. The van der Waals surface area contributed by atoms with Crippen LogP contribution in [0.2, 0.25) is 0 Å². The molecule has 2 aliphatic rings. The zero-order valence-corrected chi connectivity index (χ0v) is 10.7. The molecule has 2 heterocycles. The molecule has 0 aromatic rings. The summed E-state index contributed by atoms with van der Waals surface area (Å²) in [6.07, 6.45) is 5.34. The molecule has 0 spiro atoms. The van der Waals surface area contributed by atoms with E-state index in [1.807, 2.05) is 16.7 Å². The highest BCUT2D eigenvalue weighted by molar-refractivity contribution is 7.99. The molecule has 2 saturated heterocycles. The first-order chi connectivity index (χ1) is 7.75. The van der Waals surface area contributed by atoms with Crippen molar-refractivity contribution in [2.24, 2.45) is 11.7 Å². The van der Waals surface area contributed by atoms with Gasteiger partial charge in [0.25, 0.3) is 0 Å². The predicted octanol–water partition coefficient (Wildman–Crippen LogP) is 1.47. The lowest BCUT2D eigenvalue weighted by atomic mass is 9.97. The van der Waals surface area contributed by atoms with E-state index in [-0.39, 0.29) is 6.04 Å². The first-order valence-electron chi connectivity index (χ1n) is 6.37. The van der Waals surface area contributed by atoms with E-state index < -0.39 is 0 Å². The normalized spacial score (nSPS) is 28.1. The summed E-state index contributed by atoms with van der Waals surface area (Å²) in [5.74, 6) is 3.44. The molecule has 16 heavy (non-hydrogen) atoms. The van der Waals surface area contributed by atoms with Gasteiger partial charge in [-0.15, -0.1) is 0 Å². The van der Waals surface area contributed by atoms with Crippen LogP contribution in [0.4, 0.5) is 0 Å². The summed E-state index contributed by atoms with van der Waals surface area (Å²) in [4.78, 5) is 14.1. The van der Waals surface area contributed by atoms with Gasteiger partial charge in [0.05, 0.1) is 0 Å². The Balaban J connectivity index is 1.77. The molecule has 0 saturated carbocycles. The van der Waals surface area contributed by atoms with Crippen LogP contribution in [-0.2, 0) is 4.79 Å². The maximum atomic E-state index is 12.1. The van der Waals surface area contributed by atoms with Crippen LogP contribution in [0.15, 0.2) is 0 Å². The number of likely N-dealkylation sites (tertiary alicyclic amines) is 1. The molecule has 92 valence electrons. The topological polar surface area (TPSA) is 46.3 Å². The molecule has 2 N–H and O–H groups in total. The van der Waals surface area contributed by atoms with Crippen LogP contribution < -0.4 is 5.73 Å². The van der Waals surface area contributed by atoms with Gasteiger partial charge in [0.2, 0.25) is 5.91 Å². The lowest BCUT2D eigenvalue weighted by molar-refractivity contribution is -0.133. The van der Waals surface area contributed by atoms with Crippen LogP contribution in [0, 0.1) is 5.92 Å². The van der Waals surface area contributed by atoms with Gasteiger partial charge >= 0.3 is 0 Å².